The summed E-state index contributed by atoms with van der Waals surface area (Å²) in [6, 6.07) is 11.7. The van der Waals surface area contributed by atoms with Gasteiger partial charge in [0.25, 0.3) is 5.91 Å². The van der Waals surface area contributed by atoms with E-state index in [0.717, 1.165) is 17.7 Å². The molecular weight excluding hydrogens is 420 g/mol. The summed E-state index contributed by atoms with van der Waals surface area (Å²) in [5.41, 5.74) is 2.70. The van der Waals surface area contributed by atoms with E-state index in [2.05, 4.69) is 35.6 Å². The second-order valence-electron chi connectivity index (χ2n) is 6.43. The number of rotatable bonds is 8. The Labute approximate surface area is 186 Å². The van der Waals surface area contributed by atoms with Gasteiger partial charge < -0.3 is 20.1 Å². The van der Waals surface area contributed by atoms with Crippen molar-refractivity contribution in [1.82, 2.24) is 5.32 Å². The lowest BCUT2D eigenvalue weighted by Crippen LogP contribution is -2.30. The summed E-state index contributed by atoms with van der Waals surface area (Å²) in [5.74, 6) is 3.15. The Morgan fingerprint density at radius 2 is 2.03 bits per heavy atom. The van der Waals surface area contributed by atoms with Crippen LogP contribution in [0, 0.1) is 12.3 Å². The molecule has 1 aliphatic heterocycles. The molecule has 5 nitrogen and oxygen atoms in total. The SMILES string of the molecule is C#CCOc1c(Cl)cc(/C=C2\S[C@H](Nc3ccc(CC)cc3)NC2=O)cc1OCC. The van der Waals surface area contributed by atoms with Crippen LogP contribution in [-0.2, 0) is 11.2 Å². The normalized spacial score (nSPS) is 16.8. The number of aryl methyl sites for hydroxylation is 1. The van der Waals surface area contributed by atoms with E-state index in [1.165, 1.54) is 17.3 Å². The first-order valence-electron chi connectivity index (χ1n) is 9.61. The predicted octanol–water partition coefficient (Wildman–Crippen LogP) is 4.91. The van der Waals surface area contributed by atoms with E-state index in [1.54, 1.807) is 18.2 Å². The molecule has 156 valence electrons. The molecule has 1 saturated heterocycles. The number of halogens is 1. The molecule has 1 amide bonds. The molecule has 1 aliphatic rings. The molecule has 30 heavy (non-hydrogen) atoms. The van der Waals surface area contributed by atoms with Crippen LogP contribution in [0.3, 0.4) is 0 Å². The van der Waals surface area contributed by atoms with Gasteiger partial charge in [-0.25, -0.2) is 0 Å². The van der Waals surface area contributed by atoms with Gasteiger partial charge in [-0.3, -0.25) is 4.79 Å². The Balaban J connectivity index is 1.77. The molecule has 0 radical (unpaired) electrons. The average molecular weight is 443 g/mol. The maximum Gasteiger partial charge on any atom is 0.260 e. The van der Waals surface area contributed by atoms with Gasteiger partial charge in [-0.2, -0.15) is 0 Å². The average Bonchev–Trinajstić information content (AvgIpc) is 3.07. The van der Waals surface area contributed by atoms with E-state index in [-0.39, 0.29) is 18.0 Å². The monoisotopic (exact) mass is 442 g/mol. The van der Waals surface area contributed by atoms with E-state index in [9.17, 15) is 4.79 Å². The first-order chi connectivity index (χ1) is 14.5. The molecule has 3 rings (SSSR count). The molecule has 0 aromatic heterocycles. The molecule has 2 N–H and O–H groups in total. The number of anilines is 1. The van der Waals surface area contributed by atoms with Crippen molar-refractivity contribution in [2.75, 3.05) is 18.5 Å². The van der Waals surface area contributed by atoms with Crippen molar-refractivity contribution in [1.29, 1.82) is 0 Å². The van der Waals surface area contributed by atoms with Crippen molar-refractivity contribution in [3.05, 3.63) is 57.5 Å². The topological polar surface area (TPSA) is 59.6 Å². The number of hydrogen-bond donors (Lipinski definition) is 2. The Morgan fingerprint density at radius 3 is 2.70 bits per heavy atom. The van der Waals surface area contributed by atoms with Crippen LogP contribution in [0.5, 0.6) is 11.5 Å². The Morgan fingerprint density at radius 1 is 1.27 bits per heavy atom. The smallest absolute Gasteiger partial charge is 0.260 e. The maximum absolute atomic E-state index is 12.4. The van der Waals surface area contributed by atoms with Crippen molar-refractivity contribution >= 4 is 41.0 Å². The molecular formula is C23H23ClN2O3S. The second kappa shape index (κ2) is 10.3. The molecule has 1 heterocycles. The number of amides is 1. The first kappa shape index (κ1) is 21.9. The van der Waals surface area contributed by atoms with Gasteiger partial charge in [-0.05, 0) is 54.8 Å². The van der Waals surface area contributed by atoms with Crippen LogP contribution in [0.15, 0.2) is 41.3 Å². The summed E-state index contributed by atoms with van der Waals surface area (Å²) in [6.45, 7) is 4.52. The summed E-state index contributed by atoms with van der Waals surface area (Å²) >= 11 is 7.78. The van der Waals surface area contributed by atoms with E-state index < -0.39 is 0 Å². The van der Waals surface area contributed by atoms with E-state index >= 15 is 0 Å². The molecule has 1 atom stereocenters. The molecule has 0 saturated carbocycles. The van der Waals surface area contributed by atoms with Gasteiger partial charge in [-0.1, -0.05) is 48.3 Å². The second-order valence-corrected chi connectivity index (χ2v) is 7.98. The highest BCUT2D eigenvalue weighted by molar-refractivity contribution is 8.05. The number of ether oxygens (including phenoxy) is 2. The van der Waals surface area contributed by atoms with Gasteiger partial charge in [0.2, 0.25) is 0 Å². The predicted molar refractivity (Wildman–Crippen MR) is 124 cm³/mol. The lowest BCUT2D eigenvalue weighted by atomic mass is 10.1. The number of hydrogen-bond acceptors (Lipinski definition) is 5. The zero-order chi connectivity index (χ0) is 21.5. The van der Waals surface area contributed by atoms with Gasteiger partial charge in [0.05, 0.1) is 16.5 Å². The Bertz CT molecular complexity index is 983. The number of carbonyl (C=O) groups excluding carboxylic acids is 1. The Hall–Kier alpha value is -2.75. The maximum atomic E-state index is 12.4. The lowest BCUT2D eigenvalue weighted by Gasteiger charge is -2.13. The van der Waals surface area contributed by atoms with Gasteiger partial charge in [0.15, 0.2) is 17.0 Å². The van der Waals surface area contributed by atoms with Crippen molar-refractivity contribution in [3.8, 4) is 23.8 Å². The van der Waals surface area contributed by atoms with Gasteiger partial charge in [0, 0.05) is 5.69 Å². The van der Waals surface area contributed by atoms with Crippen LogP contribution >= 0.6 is 23.4 Å². The minimum Gasteiger partial charge on any atom is -0.490 e. The molecule has 0 aliphatic carbocycles. The van der Waals surface area contributed by atoms with Crippen LogP contribution < -0.4 is 20.1 Å². The molecule has 0 unspecified atom stereocenters. The van der Waals surface area contributed by atoms with Crippen LogP contribution in [0.25, 0.3) is 6.08 Å². The minimum absolute atomic E-state index is 0.0884. The van der Waals surface area contributed by atoms with Crippen LogP contribution in [0.4, 0.5) is 5.69 Å². The summed E-state index contributed by atoms with van der Waals surface area (Å²) in [5, 5.41) is 6.62. The lowest BCUT2D eigenvalue weighted by molar-refractivity contribution is -0.116. The third-order valence-electron chi connectivity index (χ3n) is 4.32. The summed E-state index contributed by atoms with van der Waals surface area (Å²) in [6.07, 6.45) is 8.03. The summed E-state index contributed by atoms with van der Waals surface area (Å²) in [4.78, 5) is 13.0. The summed E-state index contributed by atoms with van der Waals surface area (Å²) < 4.78 is 11.1. The molecule has 1 fully saturated rings. The van der Waals surface area contributed by atoms with Gasteiger partial charge in [0.1, 0.15) is 6.61 Å². The minimum atomic E-state index is -0.253. The van der Waals surface area contributed by atoms with Crippen molar-refractivity contribution in [2.24, 2.45) is 0 Å². The fourth-order valence-corrected chi connectivity index (χ4v) is 4.15. The van der Waals surface area contributed by atoms with Gasteiger partial charge in [-0.15, -0.1) is 6.42 Å². The Kier molecular flexibility index (Phi) is 7.56. The number of terminal acetylenes is 1. The van der Waals surface area contributed by atoms with Crippen molar-refractivity contribution in [2.45, 2.75) is 25.8 Å². The molecule has 7 heteroatoms. The third kappa shape index (κ3) is 5.44. The van der Waals surface area contributed by atoms with Crippen molar-refractivity contribution in [3.63, 3.8) is 0 Å². The first-order valence-corrected chi connectivity index (χ1v) is 10.9. The van der Waals surface area contributed by atoms with Crippen molar-refractivity contribution < 1.29 is 14.3 Å². The summed E-state index contributed by atoms with van der Waals surface area (Å²) in [7, 11) is 0. The fourth-order valence-electron chi connectivity index (χ4n) is 2.89. The van der Waals surface area contributed by atoms with Crippen LogP contribution in [0.2, 0.25) is 5.02 Å². The molecule has 0 bridgehead atoms. The van der Waals surface area contributed by atoms with E-state index in [4.69, 9.17) is 27.5 Å². The van der Waals surface area contributed by atoms with Crippen LogP contribution in [-0.4, -0.2) is 24.6 Å². The van der Waals surface area contributed by atoms with E-state index in [0.29, 0.717) is 28.0 Å². The standard InChI is InChI=1S/C23H23ClN2O3S/c1-4-11-29-21-18(24)12-16(13-19(21)28-6-3)14-20-22(27)26-23(30-20)25-17-9-7-15(5-2)8-10-17/h1,7-10,12-14,23,25H,5-6,11H2,2-3H3,(H,26,27)/b20-14-/t23-/m1/s1. The highest BCUT2D eigenvalue weighted by atomic mass is 35.5. The zero-order valence-corrected chi connectivity index (χ0v) is 18.4. The zero-order valence-electron chi connectivity index (χ0n) is 16.8. The molecule has 2 aromatic rings. The highest BCUT2D eigenvalue weighted by Crippen LogP contribution is 2.38. The number of carbonyl (C=O) groups is 1. The largest absolute Gasteiger partial charge is 0.490 e. The fraction of sp³-hybridized carbons (Fsp3) is 0.261. The van der Waals surface area contributed by atoms with Gasteiger partial charge >= 0.3 is 0 Å². The quantitative estimate of drug-likeness (QED) is 0.449. The third-order valence-corrected chi connectivity index (χ3v) is 5.63. The molecule has 2 aromatic carbocycles. The number of benzene rings is 2. The number of thioether (sulfide) groups is 1. The van der Waals surface area contributed by atoms with Crippen LogP contribution in [0.1, 0.15) is 25.0 Å². The highest BCUT2D eigenvalue weighted by Gasteiger charge is 2.27. The number of nitrogens with one attached hydrogen (secondary N) is 2. The van der Waals surface area contributed by atoms with E-state index in [1.807, 2.05) is 19.1 Å². The molecule has 0 spiro atoms.